The minimum absolute atomic E-state index is 0.0490. The molecule has 0 spiro atoms. The number of hydrazone groups is 1. The van der Waals surface area contributed by atoms with E-state index in [0.717, 1.165) is 0 Å². The van der Waals surface area contributed by atoms with Gasteiger partial charge in [0, 0.05) is 17.2 Å². The molecule has 0 heterocycles. The molecule has 0 saturated heterocycles. The highest BCUT2D eigenvalue weighted by atomic mass is 35.5. The van der Waals surface area contributed by atoms with E-state index in [0.29, 0.717) is 22.8 Å². The number of non-ortho nitro benzene ring substituents is 1. The maximum Gasteiger partial charge on any atom is 0.269 e. The van der Waals surface area contributed by atoms with Crippen LogP contribution < -0.4 is 15.5 Å². The van der Waals surface area contributed by atoms with Gasteiger partial charge in [0.15, 0.2) is 6.10 Å². The molecule has 0 unspecified atom stereocenters. The van der Waals surface area contributed by atoms with E-state index in [4.69, 9.17) is 27.9 Å². The first-order chi connectivity index (χ1) is 15.6. The van der Waals surface area contributed by atoms with Crippen LogP contribution in [0.1, 0.15) is 32.8 Å². The van der Waals surface area contributed by atoms with Crippen LogP contribution in [0.15, 0.2) is 47.6 Å². The molecular weight excluding hydrogens is 471 g/mol. The van der Waals surface area contributed by atoms with Crippen molar-refractivity contribution in [2.75, 3.05) is 0 Å². The van der Waals surface area contributed by atoms with E-state index >= 15 is 0 Å². The highest BCUT2D eigenvalue weighted by molar-refractivity contribution is 6.35. The maximum atomic E-state index is 12.6. The summed E-state index contributed by atoms with van der Waals surface area (Å²) in [7, 11) is 0. The Balaban J connectivity index is 1.99. The molecule has 9 nitrogen and oxygen atoms in total. The number of ether oxygens (including phenoxy) is 1. The van der Waals surface area contributed by atoms with Crippen LogP contribution >= 0.6 is 23.2 Å². The molecule has 2 atom stereocenters. The second kappa shape index (κ2) is 12.2. The number of halogens is 2. The molecule has 0 aliphatic heterocycles. The number of nitrogens with zero attached hydrogens (tertiary/aromatic N) is 2. The Labute approximate surface area is 201 Å². The summed E-state index contributed by atoms with van der Waals surface area (Å²) < 4.78 is 5.60. The summed E-state index contributed by atoms with van der Waals surface area (Å²) in [5, 5.41) is 18.0. The number of benzene rings is 2. The van der Waals surface area contributed by atoms with Gasteiger partial charge in [-0.2, -0.15) is 5.10 Å². The molecule has 2 aromatic rings. The van der Waals surface area contributed by atoms with Gasteiger partial charge in [0.1, 0.15) is 11.8 Å². The van der Waals surface area contributed by atoms with Crippen molar-refractivity contribution in [2.45, 2.75) is 39.3 Å². The highest BCUT2D eigenvalue weighted by Gasteiger charge is 2.25. The van der Waals surface area contributed by atoms with Crippen LogP contribution in [0.2, 0.25) is 10.0 Å². The van der Waals surface area contributed by atoms with Crippen molar-refractivity contribution >= 4 is 46.9 Å². The molecule has 0 bridgehead atoms. The summed E-state index contributed by atoms with van der Waals surface area (Å²) in [6.07, 6.45) is 0.804. The van der Waals surface area contributed by atoms with Crippen LogP contribution in [0.5, 0.6) is 5.75 Å². The van der Waals surface area contributed by atoms with Crippen molar-refractivity contribution in [1.29, 1.82) is 0 Å². The van der Waals surface area contributed by atoms with Crippen LogP contribution in [0.4, 0.5) is 5.69 Å². The second-order valence-corrected chi connectivity index (χ2v) is 8.45. The van der Waals surface area contributed by atoms with E-state index in [1.54, 1.807) is 12.1 Å². The summed E-state index contributed by atoms with van der Waals surface area (Å²) in [5.41, 5.74) is 2.90. The van der Waals surface area contributed by atoms with Gasteiger partial charge in [-0.3, -0.25) is 19.7 Å². The monoisotopic (exact) mass is 494 g/mol. The molecule has 2 amide bonds. The molecule has 2 aromatic carbocycles. The molecule has 33 heavy (non-hydrogen) atoms. The Morgan fingerprint density at radius 2 is 1.79 bits per heavy atom. The van der Waals surface area contributed by atoms with Gasteiger partial charge in [-0.05, 0) is 55.2 Å². The Kier molecular flexibility index (Phi) is 9.62. The molecule has 0 aliphatic carbocycles. The highest BCUT2D eigenvalue weighted by Crippen LogP contribution is 2.28. The van der Waals surface area contributed by atoms with Crippen molar-refractivity contribution in [1.82, 2.24) is 10.7 Å². The van der Waals surface area contributed by atoms with E-state index in [-0.39, 0.29) is 16.6 Å². The van der Waals surface area contributed by atoms with Gasteiger partial charge in [-0.15, -0.1) is 0 Å². The number of nitro benzene ring substituents is 1. The summed E-state index contributed by atoms with van der Waals surface area (Å²) >= 11 is 11.9. The Hall–Kier alpha value is -3.17. The molecule has 2 N–H and O–H groups in total. The first-order valence-electron chi connectivity index (χ1n) is 10.1. The van der Waals surface area contributed by atoms with Crippen LogP contribution in [0.3, 0.4) is 0 Å². The third-order valence-corrected chi connectivity index (χ3v) is 4.93. The first kappa shape index (κ1) is 26.1. The van der Waals surface area contributed by atoms with Crippen molar-refractivity contribution < 1.29 is 19.2 Å². The lowest BCUT2D eigenvalue weighted by Gasteiger charge is -2.22. The molecule has 176 valence electrons. The number of nitro groups is 1. The number of rotatable bonds is 10. The van der Waals surface area contributed by atoms with Crippen LogP contribution in [-0.4, -0.2) is 35.1 Å². The SMILES string of the molecule is CC(C)C[C@H](NC(=O)[C@H](C)Oc1ccc(Cl)cc1Cl)C(=O)N/N=C\c1ccc([N+](=O)[O-])cc1. The van der Waals surface area contributed by atoms with E-state index in [1.807, 2.05) is 13.8 Å². The Morgan fingerprint density at radius 3 is 2.36 bits per heavy atom. The van der Waals surface area contributed by atoms with E-state index in [1.165, 1.54) is 43.5 Å². The number of carbonyl (C=O) groups excluding carboxylic acids is 2. The minimum atomic E-state index is -0.922. The van der Waals surface area contributed by atoms with E-state index in [9.17, 15) is 19.7 Å². The van der Waals surface area contributed by atoms with Gasteiger partial charge in [0.25, 0.3) is 17.5 Å². The standard InChI is InChI=1S/C22H24Cl2N4O5/c1-13(2)10-19(22(30)27-25-12-15-4-7-17(8-5-15)28(31)32)26-21(29)14(3)33-20-9-6-16(23)11-18(20)24/h4-9,11-14,19H,10H2,1-3H3,(H,26,29)(H,27,30)/b25-12-/t14-,19-/m0/s1. The number of hydrogen-bond acceptors (Lipinski definition) is 6. The Bertz CT molecular complexity index is 1030. The van der Waals surface area contributed by atoms with Gasteiger partial charge in [-0.1, -0.05) is 37.0 Å². The smallest absolute Gasteiger partial charge is 0.269 e. The Morgan fingerprint density at radius 1 is 1.12 bits per heavy atom. The molecular formula is C22H24Cl2N4O5. The van der Waals surface area contributed by atoms with Gasteiger partial charge in [0.2, 0.25) is 0 Å². The van der Waals surface area contributed by atoms with Crippen molar-refractivity contribution in [3.8, 4) is 5.75 Å². The lowest BCUT2D eigenvalue weighted by Crippen LogP contribution is -2.49. The largest absolute Gasteiger partial charge is 0.479 e. The van der Waals surface area contributed by atoms with Crippen molar-refractivity contribution in [2.24, 2.45) is 11.0 Å². The van der Waals surface area contributed by atoms with Gasteiger partial charge in [0.05, 0.1) is 16.2 Å². The molecule has 11 heteroatoms. The van der Waals surface area contributed by atoms with Gasteiger partial charge < -0.3 is 10.1 Å². The van der Waals surface area contributed by atoms with Crippen LogP contribution in [0, 0.1) is 16.0 Å². The molecule has 0 radical (unpaired) electrons. The minimum Gasteiger partial charge on any atom is -0.479 e. The lowest BCUT2D eigenvalue weighted by atomic mass is 10.0. The topological polar surface area (TPSA) is 123 Å². The summed E-state index contributed by atoms with van der Waals surface area (Å²) in [6.45, 7) is 5.37. The second-order valence-electron chi connectivity index (χ2n) is 7.61. The normalized spacial score (nSPS) is 12.9. The summed E-state index contributed by atoms with van der Waals surface area (Å²) in [6, 6.07) is 9.47. The molecule has 0 saturated carbocycles. The summed E-state index contributed by atoms with van der Waals surface area (Å²) in [5.74, 6) is -0.601. The molecule has 0 aliphatic rings. The van der Waals surface area contributed by atoms with Gasteiger partial charge in [-0.25, -0.2) is 5.43 Å². The number of hydrogen-bond donors (Lipinski definition) is 2. The fourth-order valence-electron chi connectivity index (χ4n) is 2.74. The first-order valence-corrected chi connectivity index (χ1v) is 10.8. The van der Waals surface area contributed by atoms with E-state index in [2.05, 4.69) is 15.8 Å². The zero-order valence-corrected chi connectivity index (χ0v) is 19.8. The summed E-state index contributed by atoms with van der Waals surface area (Å²) in [4.78, 5) is 35.4. The quantitative estimate of drug-likeness (QED) is 0.288. The predicted octanol–water partition coefficient (Wildman–Crippen LogP) is 4.35. The number of amides is 2. The predicted molar refractivity (Wildman–Crippen MR) is 127 cm³/mol. The molecule has 2 rings (SSSR count). The molecule has 0 aromatic heterocycles. The number of nitrogens with one attached hydrogen (secondary N) is 2. The fraction of sp³-hybridized carbons (Fsp3) is 0.318. The van der Waals surface area contributed by atoms with Crippen LogP contribution in [0.25, 0.3) is 0 Å². The van der Waals surface area contributed by atoms with Crippen LogP contribution in [-0.2, 0) is 9.59 Å². The van der Waals surface area contributed by atoms with Crippen molar-refractivity contribution in [3.63, 3.8) is 0 Å². The lowest BCUT2D eigenvalue weighted by molar-refractivity contribution is -0.384. The average molecular weight is 495 g/mol. The van der Waals surface area contributed by atoms with Gasteiger partial charge >= 0.3 is 0 Å². The maximum absolute atomic E-state index is 12.6. The van der Waals surface area contributed by atoms with E-state index < -0.39 is 28.9 Å². The third-order valence-electron chi connectivity index (χ3n) is 4.40. The molecule has 0 fully saturated rings. The third kappa shape index (κ3) is 8.36. The average Bonchev–Trinajstić information content (AvgIpc) is 2.75. The van der Waals surface area contributed by atoms with Crippen molar-refractivity contribution in [3.05, 3.63) is 68.2 Å². The zero-order valence-electron chi connectivity index (χ0n) is 18.2. The fourth-order valence-corrected chi connectivity index (χ4v) is 3.19. The zero-order chi connectivity index (χ0) is 24.5. The number of carbonyl (C=O) groups is 2.